The van der Waals surface area contributed by atoms with Gasteiger partial charge in [0.25, 0.3) is 0 Å². The number of fused-ring (bicyclic) bond motifs is 2. The van der Waals surface area contributed by atoms with Gasteiger partial charge >= 0.3 is 0 Å². The van der Waals surface area contributed by atoms with E-state index in [-0.39, 0.29) is 18.0 Å². The maximum Gasteiger partial charge on any atom is 0.208 e. The van der Waals surface area contributed by atoms with Gasteiger partial charge in [0.2, 0.25) is 5.79 Å². The lowest BCUT2D eigenvalue weighted by atomic mass is 9.36. The smallest absolute Gasteiger partial charge is 0.208 e. The van der Waals surface area contributed by atoms with E-state index in [9.17, 15) is 24.9 Å². The lowest BCUT2D eigenvalue weighted by Crippen LogP contribution is -2.85. The van der Waals surface area contributed by atoms with Crippen molar-refractivity contribution in [3.63, 3.8) is 0 Å². The minimum atomic E-state index is -2.21. The van der Waals surface area contributed by atoms with Gasteiger partial charge in [0, 0.05) is 11.8 Å². The summed E-state index contributed by atoms with van der Waals surface area (Å²) >= 11 is 3.51. The Balaban J connectivity index is 1.83. The maximum atomic E-state index is 13.6. The fraction of sp³-hybridized carbons (Fsp3) is 0.800. The second-order valence-corrected chi connectivity index (χ2v) is 11.0. The van der Waals surface area contributed by atoms with Crippen LogP contribution in [0.1, 0.15) is 33.1 Å². The van der Waals surface area contributed by atoms with Crippen molar-refractivity contribution in [2.75, 3.05) is 6.61 Å². The number of carbonyl (C=O) groups excluding carboxylic acids is 2. The molecule has 6 rings (SSSR count). The molecule has 4 aliphatic carbocycles. The van der Waals surface area contributed by atoms with E-state index in [1.807, 2.05) is 13.8 Å². The Kier molecular flexibility index (Phi) is 3.36. The van der Waals surface area contributed by atoms with E-state index in [1.165, 1.54) is 0 Å². The van der Waals surface area contributed by atoms with Crippen molar-refractivity contribution in [2.45, 2.75) is 55.9 Å². The van der Waals surface area contributed by atoms with Gasteiger partial charge in [-0.3, -0.25) is 9.59 Å². The number of aliphatic hydroxyl groups excluding tert-OH is 2. The Morgan fingerprint density at radius 2 is 1.85 bits per heavy atom. The number of aliphatic hydroxyl groups is 3. The molecule has 4 saturated carbocycles. The summed E-state index contributed by atoms with van der Waals surface area (Å²) in [6.07, 6.45) is -1.07. The Bertz CT molecular complexity index is 793. The van der Waals surface area contributed by atoms with Crippen molar-refractivity contribution >= 4 is 27.5 Å². The number of hydrogen-bond acceptors (Lipinski definition) is 6. The predicted octanol–water partition coefficient (Wildman–Crippen LogP) is 0.957. The molecule has 1 unspecified atom stereocenters. The number of hydrogen-bond donors (Lipinski definition) is 3. The maximum absolute atomic E-state index is 13.6. The number of halogens is 1. The molecular formula is C20H25BrO6. The number of ketones is 2. The predicted molar refractivity (Wildman–Crippen MR) is 97.8 cm³/mol. The molecule has 0 aromatic carbocycles. The van der Waals surface area contributed by atoms with Crippen LogP contribution in [0.4, 0.5) is 0 Å². The lowest BCUT2D eigenvalue weighted by Gasteiger charge is -2.73. The molecule has 148 valence electrons. The summed E-state index contributed by atoms with van der Waals surface area (Å²) in [6.45, 7) is 7.79. The zero-order valence-electron chi connectivity index (χ0n) is 15.4. The number of Topliss-reactive ketones (excluding diaryl/α,β-unsaturated/α-hetero) is 2. The van der Waals surface area contributed by atoms with Gasteiger partial charge in [-0.15, -0.1) is 0 Å². The molecule has 4 bridgehead atoms. The lowest BCUT2D eigenvalue weighted by molar-refractivity contribution is -0.437. The summed E-state index contributed by atoms with van der Waals surface area (Å²) in [5.41, 5.74) is -3.03. The zero-order chi connectivity index (χ0) is 19.7. The van der Waals surface area contributed by atoms with Crippen LogP contribution in [0.3, 0.4) is 0 Å². The molecule has 27 heavy (non-hydrogen) atoms. The first kappa shape index (κ1) is 18.4. The number of ether oxygens (including phenoxy) is 1. The number of alkyl halides is 1. The topological polar surface area (TPSA) is 104 Å². The molecule has 2 heterocycles. The quantitative estimate of drug-likeness (QED) is 0.382. The highest BCUT2D eigenvalue weighted by atomic mass is 79.9. The molecule has 6 fully saturated rings. The second-order valence-electron chi connectivity index (χ2n) is 9.88. The Morgan fingerprint density at radius 3 is 2.52 bits per heavy atom. The summed E-state index contributed by atoms with van der Waals surface area (Å²) in [5.74, 6) is -4.35. The van der Waals surface area contributed by atoms with Gasteiger partial charge < -0.3 is 20.1 Å². The Morgan fingerprint density at radius 1 is 1.19 bits per heavy atom. The molecule has 0 amide bonds. The van der Waals surface area contributed by atoms with E-state index >= 15 is 0 Å². The molecular weight excluding hydrogens is 416 g/mol. The first-order chi connectivity index (χ1) is 12.5. The molecule has 6 aliphatic rings. The first-order valence-corrected chi connectivity index (χ1v) is 10.5. The molecule has 0 aromatic rings. The third-order valence-electron chi connectivity index (χ3n) is 8.59. The third-order valence-corrected chi connectivity index (χ3v) is 9.33. The van der Waals surface area contributed by atoms with Crippen LogP contribution in [0, 0.1) is 34.0 Å². The standard InChI is InChI=1S/C20H25BrO6/c1-8-9-4-5-11-18-7-27-20(26,19(11,13(8)22)14(9)23)16(25)12(18)17(2,3)6-10(21)15(18)24/h9-12,14,16,23,25-26H,1,4-7H2,2-3H3/t9-,10?,11-,12+,14+,16-,18-,19-,20-/m0/s1. The highest BCUT2D eigenvalue weighted by Gasteiger charge is 2.87. The third kappa shape index (κ3) is 1.59. The SMILES string of the molecule is C=C1C(=O)[C@]23[C@H](O)[C@H]1CC[C@H]2[C@@]12CO[C@@]3(O)[C@@H](O)[C@@H]1C(C)(C)CC(Br)C2=O. The van der Waals surface area contributed by atoms with Crippen LogP contribution in [0.5, 0.6) is 0 Å². The van der Waals surface area contributed by atoms with Crippen molar-refractivity contribution < 1.29 is 29.6 Å². The molecule has 3 N–H and O–H groups in total. The molecule has 0 aromatic heterocycles. The largest absolute Gasteiger partial charge is 0.391 e. The zero-order valence-corrected chi connectivity index (χ0v) is 17.0. The van der Waals surface area contributed by atoms with Gasteiger partial charge in [0.05, 0.1) is 23.0 Å². The summed E-state index contributed by atoms with van der Waals surface area (Å²) in [4.78, 5) is 26.5. The fourth-order valence-corrected chi connectivity index (χ4v) is 8.98. The van der Waals surface area contributed by atoms with Crippen LogP contribution in [-0.4, -0.2) is 56.3 Å². The van der Waals surface area contributed by atoms with Crippen LogP contribution in [0.2, 0.25) is 0 Å². The van der Waals surface area contributed by atoms with E-state index in [2.05, 4.69) is 22.5 Å². The average molecular weight is 441 g/mol. The molecule has 7 heteroatoms. The Hall–Kier alpha value is -0.600. The summed E-state index contributed by atoms with van der Waals surface area (Å²) in [6, 6.07) is 0. The molecule has 6 nitrogen and oxygen atoms in total. The van der Waals surface area contributed by atoms with Gasteiger partial charge in [-0.2, -0.15) is 0 Å². The van der Waals surface area contributed by atoms with E-state index in [0.717, 1.165) is 0 Å². The molecule has 2 spiro atoms. The van der Waals surface area contributed by atoms with E-state index < -0.39 is 62.6 Å². The van der Waals surface area contributed by atoms with E-state index in [4.69, 9.17) is 4.74 Å². The van der Waals surface area contributed by atoms with Gasteiger partial charge in [0.15, 0.2) is 11.6 Å². The fourth-order valence-electron chi connectivity index (χ4n) is 7.72. The minimum absolute atomic E-state index is 0.0425. The van der Waals surface area contributed by atoms with Crippen LogP contribution >= 0.6 is 15.9 Å². The van der Waals surface area contributed by atoms with Gasteiger partial charge in [-0.1, -0.05) is 36.4 Å². The average Bonchev–Trinajstić information content (AvgIpc) is 2.70. The van der Waals surface area contributed by atoms with Crippen molar-refractivity contribution in [3.05, 3.63) is 12.2 Å². The molecule has 2 saturated heterocycles. The van der Waals surface area contributed by atoms with Crippen LogP contribution in [0.15, 0.2) is 12.2 Å². The van der Waals surface area contributed by atoms with E-state index in [0.29, 0.717) is 19.3 Å². The van der Waals surface area contributed by atoms with Crippen molar-refractivity contribution in [2.24, 2.45) is 34.0 Å². The summed E-state index contributed by atoms with van der Waals surface area (Å²) in [7, 11) is 0. The molecule has 9 atom stereocenters. The van der Waals surface area contributed by atoms with E-state index in [1.54, 1.807) is 0 Å². The van der Waals surface area contributed by atoms with Crippen molar-refractivity contribution in [1.29, 1.82) is 0 Å². The van der Waals surface area contributed by atoms with Crippen LogP contribution in [0.25, 0.3) is 0 Å². The van der Waals surface area contributed by atoms with Crippen LogP contribution < -0.4 is 0 Å². The summed E-state index contributed by atoms with van der Waals surface area (Å²) in [5, 5.41) is 34.1. The molecule has 0 radical (unpaired) electrons. The van der Waals surface area contributed by atoms with Crippen molar-refractivity contribution in [1.82, 2.24) is 0 Å². The van der Waals surface area contributed by atoms with Gasteiger partial charge in [-0.05, 0) is 36.2 Å². The second kappa shape index (κ2) is 4.93. The number of carbonyl (C=O) groups is 2. The molecule has 2 aliphatic heterocycles. The van der Waals surface area contributed by atoms with Crippen molar-refractivity contribution in [3.8, 4) is 0 Å². The Labute approximate surface area is 166 Å². The highest BCUT2D eigenvalue weighted by Crippen LogP contribution is 2.75. The van der Waals surface area contributed by atoms with Gasteiger partial charge in [0.1, 0.15) is 11.5 Å². The van der Waals surface area contributed by atoms with Crippen LogP contribution in [-0.2, 0) is 14.3 Å². The summed E-state index contributed by atoms with van der Waals surface area (Å²) < 4.78 is 5.77. The highest BCUT2D eigenvalue weighted by molar-refractivity contribution is 9.10. The minimum Gasteiger partial charge on any atom is -0.391 e. The number of rotatable bonds is 0. The normalized spacial score (nSPS) is 58.2. The van der Waals surface area contributed by atoms with Gasteiger partial charge in [-0.25, -0.2) is 0 Å². The monoisotopic (exact) mass is 440 g/mol. The first-order valence-electron chi connectivity index (χ1n) is 9.62.